The summed E-state index contributed by atoms with van der Waals surface area (Å²) in [6.45, 7) is 12.4. The lowest BCUT2D eigenvalue weighted by atomic mass is 10.1. The number of carbonyl (C=O) groups excluding carboxylic acids is 1. The minimum atomic E-state index is -0.211. The van der Waals surface area contributed by atoms with Crippen LogP contribution in [0.1, 0.15) is 29.9 Å². The number of aryl methyl sites for hydroxylation is 1. The molecule has 1 aromatic heterocycles. The lowest BCUT2D eigenvalue weighted by Gasteiger charge is -2.22. The zero-order valence-corrected chi connectivity index (χ0v) is 15.2. The first kappa shape index (κ1) is 18.5. The monoisotopic (exact) mass is 338 g/mol. The second-order valence-electron chi connectivity index (χ2n) is 5.72. The van der Waals surface area contributed by atoms with Crippen LogP contribution in [0.2, 0.25) is 0 Å². The summed E-state index contributed by atoms with van der Waals surface area (Å²) < 4.78 is 0. The Kier molecular flexibility index (Phi) is 6.57. The third-order valence-electron chi connectivity index (χ3n) is 4.02. The van der Waals surface area contributed by atoms with Crippen LogP contribution < -0.4 is 15.5 Å². The molecule has 0 aliphatic heterocycles. The fourth-order valence-electron chi connectivity index (χ4n) is 2.62. The molecule has 25 heavy (non-hydrogen) atoms. The van der Waals surface area contributed by atoms with Crippen molar-refractivity contribution in [3.63, 3.8) is 0 Å². The Labute approximate surface area is 149 Å². The number of benzene rings is 1. The smallest absolute Gasteiger partial charge is 0.270 e. The van der Waals surface area contributed by atoms with Crippen molar-refractivity contribution in [1.29, 1.82) is 0 Å². The summed E-state index contributed by atoms with van der Waals surface area (Å²) in [6, 6.07) is 9.95. The predicted molar refractivity (Wildman–Crippen MR) is 105 cm³/mol. The highest BCUT2D eigenvalue weighted by molar-refractivity contribution is 5.93. The molecule has 0 atom stereocenters. The highest BCUT2D eigenvalue weighted by Gasteiger charge is 2.09. The molecule has 2 rings (SSSR count). The molecule has 0 bridgehead atoms. The van der Waals surface area contributed by atoms with Gasteiger partial charge in [0.2, 0.25) is 0 Å². The van der Waals surface area contributed by atoms with Crippen molar-refractivity contribution < 1.29 is 4.79 Å². The molecule has 0 aliphatic rings. The molecule has 132 valence electrons. The molecular formula is C20H26N4O. The summed E-state index contributed by atoms with van der Waals surface area (Å²) in [4.78, 5) is 18.4. The number of nitrogens with one attached hydrogen (secondary N) is 2. The second kappa shape index (κ2) is 8.87. The highest BCUT2D eigenvalue weighted by atomic mass is 16.1. The van der Waals surface area contributed by atoms with Gasteiger partial charge in [-0.15, -0.1) is 6.58 Å². The standard InChI is InChI=1S/C20H26N4O/c1-5-11-22-20(25)19-14-16(10-12-21-19)23-18-9-8-17(13-15(18)4)24(6-2)7-3/h5,8-10,12-14H,1,6-7,11H2,2-4H3,(H,21,23)(H,22,25). The van der Waals surface area contributed by atoms with Crippen LogP contribution in [0, 0.1) is 6.92 Å². The number of rotatable bonds is 8. The minimum Gasteiger partial charge on any atom is -0.372 e. The van der Waals surface area contributed by atoms with Gasteiger partial charge in [0.05, 0.1) is 0 Å². The first-order chi connectivity index (χ1) is 12.1. The van der Waals surface area contributed by atoms with Crippen molar-refractivity contribution in [2.45, 2.75) is 20.8 Å². The Morgan fingerprint density at radius 1 is 1.24 bits per heavy atom. The molecule has 0 unspecified atom stereocenters. The summed E-state index contributed by atoms with van der Waals surface area (Å²) in [5.41, 5.74) is 4.59. The summed E-state index contributed by atoms with van der Waals surface area (Å²) in [6.07, 6.45) is 3.27. The van der Waals surface area contributed by atoms with Crippen LogP contribution in [0.4, 0.5) is 17.1 Å². The number of pyridine rings is 1. The van der Waals surface area contributed by atoms with Crippen LogP contribution in [0.25, 0.3) is 0 Å². The van der Waals surface area contributed by atoms with Crippen LogP contribution in [-0.4, -0.2) is 30.5 Å². The van der Waals surface area contributed by atoms with E-state index in [2.05, 4.69) is 66.1 Å². The van der Waals surface area contributed by atoms with E-state index >= 15 is 0 Å². The topological polar surface area (TPSA) is 57.3 Å². The van der Waals surface area contributed by atoms with Crippen LogP contribution in [0.3, 0.4) is 0 Å². The molecule has 1 heterocycles. The molecule has 1 aromatic carbocycles. The molecule has 0 radical (unpaired) electrons. The molecule has 1 amide bonds. The molecule has 0 fully saturated rings. The molecule has 2 aromatic rings. The maximum absolute atomic E-state index is 12.0. The number of nitrogens with zero attached hydrogens (tertiary/aromatic N) is 2. The summed E-state index contributed by atoms with van der Waals surface area (Å²) in [5.74, 6) is -0.211. The van der Waals surface area contributed by atoms with Gasteiger partial charge in [-0.1, -0.05) is 6.08 Å². The highest BCUT2D eigenvalue weighted by Crippen LogP contribution is 2.25. The fourth-order valence-corrected chi connectivity index (χ4v) is 2.62. The molecule has 0 saturated carbocycles. The quantitative estimate of drug-likeness (QED) is 0.717. The van der Waals surface area contributed by atoms with Crippen LogP contribution >= 0.6 is 0 Å². The molecule has 5 nitrogen and oxygen atoms in total. The van der Waals surface area contributed by atoms with Gasteiger partial charge in [0.1, 0.15) is 5.69 Å². The lowest BCUT2D eigenvalue weighted by molar-refractivity contribution is 0.0953. The number of carbonyl (C=O) groups is 1. The van der Waals surface area contributed by atoms with Crippen LogP contribution in [-0.2, 0) is 0 Å². The molecule has 0 aliphatic carbocycles. The van der Waals surface area contributed by atoms with Gasteiger partial charge in [0.15, 0.2) is 0 Å². The van der Waals surface area contributed by atoms with Crippen molar-refractivity contribution in [1.82, 2.24) is 10.3 Å². The number of hydrogen-bond donors (Lipinski definition) is 2. The molecule has 5 heteroatoms. The summed E-state index contributed by atoms with van der Waals surface area (Å²) >= 11 is 0. The van der Waals surface area contributed by atoms with Crippen molar-refractivity contribution in [3.05, 3.63) is 60.4 Å². The number of hydrogen-bond acceptors (Lipinski definition) is 4. The van der Waals surface area contributed by atoms with Crippen molar-refractivity contribution in [2.75, 3.05) is 29.9 Å². The van der Waals surface area contributed by atoms with Gasteiger partial charge in [-0.3, -0.25) is 9.78 Å². The Bertz CT molecular complexity index is 738. The average molecular weight is 338 g/mol. The zero-order chi connectivity index (χ0) is 18.2. The largest absolute Gasteiger partial charge is 0.372 e. The minimum absolute atomic E-state index is 0.211. The summed E-state index contributed by atoms with van der Waals surface area (Å²) in [7, 11) is 0. The van der Waals surface area contributed by atoms with Crippen molar-refractivity contribution in [2.24, 2.45) is 0 Å². The molecule has 2 N–H and O–H groups in total. The van der Waals surface area contributed by atoms with Crippen LogP contribution in [0.5, 0.6) is 0 Å². The van der Waals surface area contributed by atoms with E-state index in [1.54, 1.807) is 18.3 Å². The Morgan fingerprint density at radius 2 is 2.00 bits per heavy atom. The Hall–Kier alpha value is -2.82. The van der Waals surface area contributed by atoms with E-state index in [1.165, 1.54) is 5.69 Å². The number of amides is 1. The van der Waals surface area contributed by atoms with E-state index in [9.17, 15) is 4.79 Å². The first-order valence-corrected chi connectivity index (χ1v) is 8.56. The normalized spacial score (nSPS) is 10.2. The van der Waals surface area contributed by atoms with Gasteiger partial charge in [0, 0.05) is 42.9 Å². The lowest BCUT2D eigenvalue weighted by Crippen LogP contribution is -2.24. The third-order valence-corrected chi connectivity index (χ3v) is 4.02. The van der Waals surface area contributed by atoms with Gasteiger partial charge < -0.3 is 15.5 Å². The summed E-state index contributed by atoms with van der Waals surface area (Å²) in [5, 5.41) is 6.10. The van der Waals surface area contributed by atoms with E-state index in [-0.39, 0.29) is 5.91 Å². The van der Waals surface area contributed by atoms with Gasteiger partial charge >= 0.3 is 0 Å². The van der Waals surface area contributed by atoms with E-state index in [0.717, 1.165) is 30.0 Å². The molecule has 0 saturated heterocycles. The SMILES string of the molecule is C=CCNC(=O)c1cc(Nc2ccc(N(CC)CC)cc2C)ccn1. The van der Waals surface area contributed by atoms with Crippen molar-refractivity contribution >= 4 is 23.0 Å². The van der Waals surface area contributed by atoms with Gasteiger partial charge in [-0.2, -0.15) is 0 Å². The van der Waals surface area contributed by atoms with Gasteiger partial charge in [-0.05, 0) is 56.7 Å². The number of anilines is 3. The molecule has 0 spiro atoms. The first-order valence-electron chi connectivity index (χ1n) is 8.56. The average Bonchev–Trinajstić information content (AvgIpc) is 2.63. The van der Waals surface area contributed by atoms with E-state index in [0.29, 0.717) is 12.2 Å². The number of aromatic nitrogens is 1. The Morgan fingerprint density at radius 3 is 2.64 bits per heavy atom. The fraction of sp³-hybridized carbons (Fsp3) is 0.300. The van der Waals surface area contributed by atoms with Crippen LogP contribution in [0.15, 0.2) is 49.2 Å². The van der Waals surface area contributed by atoms with E-state index in [4.69, 9.17) is 0 Å². The third kappa shape index (κ3) is 4.83. The predicted octanol–water partition coefficient (Wildman–Crippen LogP) is 3.90. The maximum Gasteiger partial charge on any atom is 0.270 e. The van der Waals surface area contributed by atoms with E-state index in [1.807, 2.05) is 6.07 Å². The maximum atomic E-state index is 12.0. The Balaban J connectivity index is 2.17. The molecular weight excluding hydrogens is 312 g/mol. The van der Waals surface area contributed by atoms with Gasteiger partial charge in [-0.25, -0.2) is 0 Å². The van der Waals surface area contributed by atoms with Crippen molar-refractivity contribution in [3.8, 4) is 0 Å². The van der Waals surface area contributed by atoms with Gasteiger partial charge in [0.25, 0.3) is 5.91 Å². The second-order valence-corrected chi connectivity index (χ2v) is 5.72. The van der Waals surface area contributed by atoms with E-state index < -0.39 is 0 Å². The zero-order valence-electron chi connectivity index (χ0n) is 15.2.